The quantitative estimate of drug-likeness (QED) is 0.765. The SMILES string of the molecule is NCC1Cc2cccc(-c3ccc(C(=O)Nc4cccnc4)o3)c2O1. The van der Waals surface area contributed by atoms with Crippen molar-refractivity contribution >= 4 is 11.6 Å². The standard InChI is InChI=1S/C19H17N3O3/c20-10-14-9-12-3-1-5-15(18(12)24-14)16-6-7-17(25-16)19(23)22-13-4-2-8-21-11-13/h1-8,11,14H,9-10,20H2,(H,22,23). The van der Waals surface area contributed by atoms with E-state index in [9.17, 15) is 4.79 Å². The summed E-state index contributed by atoms with van der Waals surface area (Å²) in [6.45, 7) is 0.463. The van der Waals surface area contributed by atoms with Crippen LogP contribution in [0, 0.1) is 0 Å². The minimum Gasteiger partial charge on any atom is -0.488 e. The molecule has 0 saturated carbocycles. The number of nitrogens with one attached hydrogen (secondary N) is 1. The second-order valence-corrected chi connectivity index (χ2v) is 5.83. The second-order valence-electron chi connectivity index (χ2n) is 5.83. The lowest BCUT2D eigenvalue weighted by atomic mass is 10.1. The summed E-state index contributed by atoms with van der Waals surface area (Å²) in [4.78, 5) is 16.3. The number of amides is 1. The number of carbonyl (C=O) groups is 1. The summed E-state index contributed by atoms with van der Waals surface area (Å²) in [5, 5.41) is 2.75. The maximum absolute atomic E-state index is 12.3. The summed E-state index contributed by atoms with van der Waals surface area (Å²) in [6, 6.07) is 12.8. The third-order valence-corrected chi connectivity index (χ3v) is 4.11. The fourth-order valence-corrected chi connectivity index (χ4v) is 2.90. The number of furan rings is 1. The maximum Gasteiger partial charge on any atom is 0.291 e. The zero-order chi connectivity index (χ0) is 17.2. The molecule has 0 spiro atoms. The summed E-state index contributed by atoms with van der Waals surface area (Å²) in [6.07, 6.45) is 3.99. The summed E-state index contributed by atoms with van der Waals surface area (Å²) in [5.74, 6) is 1.27. The number of nitrogens with zero attached hydrogens (tertiary/aromatic N) is 1. The van der Waals surface area contributed by atoms with E-state index in [0.717, 1.165) is 23.3 Å². The van der Waals surface area contributed by atoms with Crippen LogP contribution in [0.3, 0.4) is 0 Å². The zero-order valence-electron chi connectivity index (χ0n) is 13.4. The summed E-state index contributed by atoms with van der Waals surface area (Å²) >= 11 is 0. The van der Waals surface area contributed by atoms with Crippen molar-refractivity contribution < 1.29 is 13.9 Å². The molecule has 0 saturated heterocycles. The Labute approximate surface area is 144 Å². The number of nitrogens with two attached hydrogens (primary N) is 1. The van der Waals surface area contributed by atoms with Crippen molar-refractivity contribution in [3.63, 3.8) is 0 Å². The van der Waals surface area contributed by atoms with Crippen molar-refractivity contribution in [2.75, 3.05) is 11.9 Å². The van der Waals surface area contributed by atoms with Gasteiger partial charge < -0.3 is 20.2 Å². The molecule has 126 valence electrons. The van der Waals surface area contributed by atoms with Crippen LogP contribution in [0.2, 0.25) is 0 Å². The first-order valence-electron chi connectivity index (χ1n) is 8.05. The molecule has 3 N–H and O–H groups in total. The largest absolute Gasteiger partial charge is 0.488 e. The van der Waals surface area contributed by atoms with Crippen LogP contribution in [-0.4, -0.2) is 23.5 Å². The van der Waals surface area contributed by atoms with Crippen molar-refractivity contribution in [1.82, 2.24) is 4.98 Å². The van der Waals surface area contributed by atoms with Gasteiger partial charge in [0.2, 0.25) is 0 Å². The van der Waals surface area contributed by atoms with E-state index >= 15 is 0 Å². The van der Waals surface area contributed by atoms with Crippen molar-refractivity contribution in [3.8, 4) is 17.1 Å². The van der Waals surface area contributed by atoms with Gasteiger partial charge in [-0.3, -0.25) is 9.78 Å². The molecule has 2 aromatic heterocycles. The van der Waals surface area contributed by atoms with E-state index in [4.69, 9.17) is 14.9 Å². The maximum atomic E-state index is 12.3. The molecule has 1 aliphatic rings. The lowest BCUT2D eigenvalue weighted by molar-refractivity contribution is 0.0997. The minimum absolute atomic E-state index is 0.0144. The van der Waals surface area contributed by atoms with Gasteiger partial charge >= 0.3 is 0 Å². The Morgan fingerprint density at radius 1 is 1.24 bits per heavy atom. The van der Waals surface area contributed by atoms with Crippen LogP contribution in [-0.2, 0) is 6.42 Å². The van der Waals surface area contributed by atoms with Crippen molar-refractivity contribution in [3.05, 3.63) is 66.2 Å². The highest BCUT2D eigenvalue weighted by Crippen LogP contribution is 2.39. The molecule has 1 aromatic carbocycles. The second kappa shape index (κ2) is 6.41. The Hall–Kier alpha value is -3.12. The van der Waals surface area contributed by atoms with Crippen molar-refractivity contribution in [1.29, 1.82) is 0 Å². The normalized spacial score (nSPS) is 15.5. The van der Waals surface area contributed by atoms with Gasteiger partial charge in [-0.15, -0.1) is 0 Å². The van der Waals surface area contributed by atoms with Gasteiger partial charge in [-0.2, -0.15) is 0 Å². The predicted octanol–water partition coefficient (Wildman–Crippen LogP) is 2.86. The molecular weight excluding hydrogens is 318 g/mol. The molecular formula is C19H17N3O3. The number of hydrogen-bond donors (Lipinski definition) is 2. The molecule has 0 fully saturated rings. The van der Waals surface area contributed by atoms with Crippen molar-refractivity contribution in [2.24, 2.45) is 5.73 Å². The van der Waals surface area contributed by atoms with E-state index in [2.05, 4.69) is 10.3 Å². The Morgan fingerprint density at radius 3 is 2.96 bits per heavy atom. The van der Waals surface area contributed by atoms with Crippen LogP contribution in [0.4, 0.5) is 5.69 Å². The number of pyridine rings is 1. The number of anilines is 1. The third-order valence-electron chi connectivity index (χ3n) is 4.11. The summed E-state index contributed by atoms with van der Waals surface area (Å²) in [5.41, 5.74) is 8.25. The highest BCUT2D eigenvalue weighted by molar-refractivity contribution is 6.02. The molecule has 1 unspecified atom stereocenters. The highest BCUT2D eigenvalue weighted by atomic mass is 16.5. The van der Waals surface area contributed by atoms with Crippen LogP contribution in [0.15, 0.2) is 59.3 Å². The topological polar surface area (TPSA) is 90.4 Å². The number of benzene rings is 1. The van der Waals surface area contributed by atoms with E-state index < -0.39 is 0 Å². The fourth-order valence-electron chi connectivity index (χ4n) is 2.90. The number of rotatable bonds is 4. The van der Waals surface area contributed by atoms with Gasteiger partial charge in [-0.1, -0.05) is 12.1 Å². The van der Waals surface area contributed by atoms with Gasteiger partial charge in [0.25, 0.3) is 5.91 Å². The van der Waals surface area contributed by atoms with Crippen LogP contribution in [0.1, 0.15) is 16.1 Å². The van der Waals surface area contributed by atoms with E-state index in [1.165, 1.54) is 0 Å². The fraction of sp³-hybridized carbons (Fsp3) is 0.158. The third kappa shape index (κ3) is 2.99. The van der Waals surface area contributed by atoms with Crippen LogP contribution in [0.25, 0.3) is 11.3 Å². The molecule has 3 aromatic rings. The van der Waals surface area contributed by atoms with Gasteiger partial charge in [0.1, 0.15) is 17.6 Å². The minimum atomic E-state index is -0.326. The lowest BCUT2D eigenvalue weighted by Gasteiger charge is -2.09. The molecule has 25 heavy (non-hydrogen) atoms. The Kier molecular flexibility index (Phi) is 3.95. The van der Waals surface area contributed by atoms with Gasteiger partial charge in [-0.05, 0) is 35.9 Å². The van der Waals surface area contributed by atoms with Crippen LogP contribution >= 0.6 is 0 Å². The summed E-state index contributed by atoms with van der Waals surface area (Å²) < 4.78 is 11.7. The van der Waals surface area contributed by atoms with Gasteiger partial charge in [-0.25, -0.2) is 0 Å². The van der Waals surface area contributed by atoms with Gasteiger partial charge in [0.15, 0.2) is 5.76 Å². The van der Waals surface area contributed by atoms with Crippen molar-refractivity contribution in [2.45, 2.75) is 12.5 Å². The average molecular weight is 335 g/mol. The van der Waals surface area contributed by atoms with Crippen LogP contribution < -0.4 is 15.8 Å². The number of ether oxygens (including phenoxy) is 1. The summed E-state index contributed by atoms with van der Waals surface area (Å²) in [7, 11) is 0. The number of fused-ring (bicyclic) bond motifs is 1. The van der Waals surface area contributed by atoms with Gasteiger partial charge in [0.05, 0.1) is 17.4 Å². The first kappa shape index (κ1) is 15.4. The van der Waals surface area contributed by atoms with E-state index in [1.807, 2.05) is 18.2 Å². The van der Waals surface area contributed by atoms with E-state index in [1.54, 1.807) is 36.7 Å². The lowest BCUT2D eigenvalue weighted by Crippen LogP contribution is -2.24. The zero-order valence-corrected chi connectivity index (χ0v) is 13.4. The molecule has 1 aliphatic heterocycles. The number of aromatic nitrogens is 1. The number of carbonyl (C=O) groups excluding carboxylic acids is 1. The van der Waals surface area contributed by atoms with E-state index in [0.29, 0.717) is 18.0 Å². The first-order valence-corrected chi connectivity index (χ1v) is 8.05. The van der Waals surface area contributed by atoms with Crippen LogP contribution in [0.5, 0.6) is 5.75 Å². The molecule has 0 aliphatic carbocycles. The number of para-hydroxylation sites is 1. The Morgan fingerprint density at radius 2 is 2.16 bits per heavy atom. The average Bonchev–Trinajstić information content (AvgIpc) is 3.29. The predicted molar refractivity (Wildman–Crippen MR) is 93.5 cm³/mol. The monoisotopic (exact) mass is 335 g/mol. The first-order chi connectivity index (χ1) is 12.2. The van der Waals surface area contributed by atoms with E-state index in [-0.39, 0.29) is 17.8 Å². The molecule has 4 rings (SSSR count). The van der Waals surface area contributed by atoms with Gasteiger partial charge in [0, 0.05) is 19.2 Å². The Bertz CT molecular complexity index is 905. The molecule has 1 amide bonds. The molecule has 0 radical (unpaired) electrons. The molecule has 6 nitrogen and oxygen atoms in total. The smallest absolute Gasteiger partial charge is 0.291 e. The molecule has 0 bridgehead atoms. The molecule has 6 heteroatoms. The number of hydrogen-bond acceptors (Lipinski definition) is 5. The molecule has 3 heterocycles. The Balaban J connectivity index is 1.59. The highest BCUT2D eigenvalue weighted by Gasteiger charge is 2.26. The molecule has 1 atom stereocenters.